The summed E-state index contributed by atoms with van der Waals surface area (Å²) in [6.45, 7) is 3.21. The Labute approximate surface area is 206 Å². The SMILES string of the molecule is Cc1nnn(C)c1-c1cnc2c3ccnc(Cl)c3n([C@H](c3ccccc3F)C3CCOCC3)c2c1. The Morgan fingerprint density at radius 3 is 2.69 bits per heavy atom. The van der Waals surface area contributed by atoms with Crippen molar-refractivity contribution in [3.63, 3.8) is 0 Å². The lowest BCUT2D eigenvalue weighted by atomic mass is 9.86. The normalized spacial score (nSPS) is 15.8. The van der Waals surface area contributed by atoms with Crippen molar-refractivity contribution in [1.29, 1.82) is 0 Å². The van der Waals surface area contributed by atoms with Crippen molar-refractivity contribution in [3.05, 3.63) is 71.0 Å². The van der Waals surface area contributed by atoms with Crippen LogP contribution in [-0.2, 0) is 11.8 Å². The Hall–Kier alpha value is -3.36. The molecule has 0 unspecified atom stereocenters. The molecule has 178 valence electrons. The summed E-state index contributed by atoms with van der Waals surface area (Å²) in [4.78, 5) is 9.24. The maximum Gasteiger partial charge on any atom is 0.153 e. The van der Waals surface area contributed by atoms with E-state index in [1.54, 1.807) is 16.9 Å². The molecule has 1 aliphatic heterocycles. The minimum Gasteiger partial charge on any atom is -0.381 e. The fraction of sp³-hybridized carbons (Fsp3) is 0.308. The van der Waals surface area contributed by atoms with Crippen molar-refractivity contribution in [2.24, 2.45) is 13.0 Å². The second-order valence-electron chi connectivity index (χ2n) is 9.02. The first kappa shape index (κ1) is 22.1. The maximum atomic E-state index is 15.4. The summed E-state index contributed by atoms with van der Waals surface area (Å²) in [5, 5.41) is 9.62. The highest BCUT2D eigenvalue weighted by molar-refractivity contribution is 6.35. The molecule has 1 aliphatic rings. The van der Waals surface area contributed by atoms with Crippen molar-refractivity contribution in [3.8, 4) is 11.3 Å². The van der Waals surface area contributed by atoms with E-state index in [0.717, 1.165) is 51.7 Å². The second-order valence-corrected chi connectivity index (χ2v) is 9.38. The summed E-state index contributed by atoms with van der Waals surface area (Å²) in [6, 6.07) is 10.7. The van der Waals surface area contributed by atoms with Crippen molar-refractivity contribution in [2.45, 2.75) is 25.8 Å². The topological polar surface area (TPSA) is 70.7 Å². The molecule has 0 bridgehead atoms. The molecule has 4 aromatic heterocycles. The van der Waals surface area contributed by atoms with E-state index >= 15 is 4.39 Å². The lowest BCUT2D eigenvalue weighted by Gasteiger charge is -2.33. The molecule has 1 atom stereocenters. The van der Waals surface area contributed by atoms with Crippen LogP contribution in [0.3, 0.4) is 0 Å². The number of aryl methyl sites for hydroxylation is 2. The van der Waals surface area contributed by atoms with Crippen LogP contribution in [0.5, 0.6) is 0 Å². The first-order valence-corrected chi connectivity index (χ1v) is 12.1. The Morgan fingerprint density at radius 1 is 1.14 bits per heavy atom. The van der Waals surface area contributed by atoms with Gasteiger partial charge >= 0.3 is 0 Å². The van der Waals surface area contributed by atoms with Crippen molar-refractivity contribution in [1.82, 2.24) is 29.5 Å². The second kappa shape index (κ2) is 8.70. The molecule has 0 radical (unpaired) electrons. The molecule has 35 heavy (non-hydrogen) atoms. The molecule has 9 heteroatoms. The quantitative estimate of drug-likeness (QED) is 0.311. The molecule has 0 amide bonds. The van der Waals surface area contributed by atoms with Gasteiger partial charge in [-0.3, -0.25) is 4.98 Å². The molecule has 7 nitrogen and oxygen atoms in total. The zero-order valence-corrected chi connectivity index (χ0v) is 20.2. The zero-order chi connectivity index (χ0) is 24.1. The minimum atomic E-state index is -0.301. The van der Waals surface area contributed by atoms with E-state index in [0.29, 0.717) is 23.9 Å². The molecule has 0 N–H and O–H groups in total. The summed E-state index contributed by atoms with van der Waals surface area (Å²) in [6.07, 6.45) is 5.15. The number of nitrogens with zero attached hydrogens (tertiary/aromatic N) is 6. The molecular weight excluding hydrogens is 467 g/mol. The van der Waals surface area contributed by atoms with Crippen LogP contribution in [0.4, 0.5) is 4.39 Å². The number of pyridine rings is 2. The van der Waals surface area contributed by atoms with E-state index in [-0.39, 0.29) is 17.8 Å². The smallest absolute Gasteiger partial charge is 0.153 e. The Balaban J connectivity index is 1.70. The molecular formula is C26H24ClFN6O. The minimum absolute atomic E-state index is 0.152. The van der Waals surface area contributed by atoms with Gasteiger partial charge in [0.1, 0.15) is 5.82 Å². The third kappa shape index (κ3) is 3.59. The van der Waals surface area contributed by atoms with E-state index in [2.05, 4.69) is 25.9 Å². The van der Waals surface area contributed by atoms with Gasteiger partial charge < -0.3 is 9.30 Å². The van der Waals surface area contributed by atoms with Gasteiger partial charge in [0.05, 0.1) is 34.0 Å². The Kier molecular flexibility index (Phi) is 5.50. The number of benzene rings is 1. The van der Waals surface area contributed by atoms with Gasteiger partial charge in [-0.15, -0.1) is 5.10 Å². The largest absolute Gasteiger partial charge is 0.381 e. The van der Waals surface area contributed by atoms with Crippen LogP contribution >= 0.6 is 11.6 Å². The fourth-order valence-electron chi connectivity index (χ4n) is 5.44. The fourth-order valence-corrected chi connectivity index (χ4v) is 5.69. The van der Waals surface area contributed by atoms with Gasteiger partial charge in [-0.2, -0.15) is 0 Å². The van der Waals surface area contributed by atoms with Crippen LogP contribution in [-0.4, -0.2) is 42.7 Å². The molecule has 5 heterocycles. The van der Waals surface area contributed by atoms with Crippen LogP contribution in [0, 0.1) is 18.7 Å². The highest BCUT2D eigenvalue weighted by atomic mass is 35.5. The number of hydrogen-bond donors (Lipinski definition) is 0. The molecule has 0 aliphatic carbocycles. The van der Waals surface area contributed by atoms with Gasteiger partial charge in [0.15, 0.2) is 5.15 Å². The van der Waals surface area contributed by atoms with Crippen LogP contribution in [0.2, 0.25) is 5.15 Å². The lowest BCUT2D eigenvalue weighted by molar-refractivity contribution is 0.0548. The predicted molar refractivity (Wildman–Crippen MR) is 133 cm³/mol. The van der Waals surface area contributed by atoms with Gasteiger partial charge in [0.25, 0.3) is 0 Å². The maximum absolute atomic E-state index is 15.4. The van der Waals surface area contributed by atoms with Crippen LogP contribution in [0.1, 0.15) is 30.1 Å². The van der Waals surface area contributed by atoms with E-state index < -0.39 is 0 Å². The standard InChI is InChI=1S/C26H24ClFN6O/c1-15-23(33(2)32-31-15)17-13-21-22(30-14-17)19-7-10-29-26(27)25(19)34(21)24(16-8-11-35-12-9-16)18-5-3-4-6-20(18)28/h3-7,10,13-14,16,24H,8-9,11-12H2,1-2H3/t24-/m0/s1. The first-order valence-electron chi connectivity index (χ1n) is 11.7. The molecule has 1 fully saturated rings. The molecule has 5 aromatic rings. The number of fused-ring (bicyclic) bond motifs is 3. The summed E-state index contributed by atoms with van der Waals surface area (Å²) in [5.74, 6) is -0.0886. The summed E-state index contributed by atoms with van der Waals surface area (Å²) in [7, 11) is 1.86. The predicted octanol–water partition coefficient (Wildman–Crippen LogP) is 5.50. The van der Waals surface area contributed by atoms with E-state index in [4.69, 9.17) is 21.3 Å². The van der Waals surface area contributed by atoms with Crippen molar-refractivity contribution in [2.75, 3.05) is 13.2 Å². The number of hydrogen-bond acceptors (Lipinski definition) is 5. The zero-order valence-electron chi connectivity index (χ0n) is 19.4. The molecule has 0 saturated carbocycles. The molecule has 6 rings (SSSR count). The average Bonchev–Trinajstić information content (AvgIpc) is 3.38. The van der Waals surface area contributed by atoms with Gasteiger partial charge in [-0.05, 0) is 43.9 Å². The molecule has 0 spiro atoms. The highest BCUT2D eigenvalue weighted by Crippen LogP contribution is 2.43. The lowest BCUT2D eigenvalue weighted by Crippen LogP contribution is -2.27. The third-order valence-electron chi connectivity index (χ3n) is 6.99. The van der Waals surface area contributed by atoms with Crippen molar-refractivity contribution < 1.29 is 9.13 Å². The van der Waals surface area contributed by atoms with Crippen LogP contribution in [0.25, 0.3) is 33.2 Å². The highest BCUT2D eigenvalue weighted by Gasteiger charge is 2.32. The Bertz CT molecular complexity index is 1540. The van der Waals surface area contributed by atoms with E-state index in [1.165, 1.54) is 6.07 Å². The summed E-state index contributed by atoms with van der Waals surface area (Å²) < 4.78 is 24.9. The van der Waals surface area contributed by atoms with Crippen molar-refractivity contribution >= 4 is 33.5 Å². The van der Waals surface area contributed by atoms with Gasteiger partial charge in [0, 0.05) is 49.2 Å². The van der Waals surface area contributed by atoms with Gasteiger partial charge in [0.2, 0.25) is 0 Å². The summed E-state index contributed by atoms with van der Waals surface area (Å²) in [5.41, 5.74) is 5.63. The molecule has 1 aromatic carbocycles. The van der Waals surface area contributed by atoms with Gasteiger partial charge in [-0.25, -0.2) is 14.1 Å². The summed E-state index contributed by atoms with van der Waals surface area (Å²) >= 11 is 6.73. The number of aromatic nitrogens is 6. The van der Waals surface area contributed by atoms with Gasteiger partial charge in [-0.1, -0.05) is 35.0 Å². The molecule has 1 saturated heterocycles. The average molecular weight is 491 g/mol. The number of ether oxygens (including phenoxy) is 1. The number of halogens is 2. The Morgan fingerprint density at radius 2 is 1.94 bits per heavy atom. The number of rotatable bonds is 4. The third-order valence-corrected chi connectivity index (χ3v) is 7.26. The van der Waals surface area contributed by atoms with Crippen LogP contribution < -0.4 is 0 Å². The van der Waals surface area contributed by atoms with E-state index in [1.807, 2.05) is 38.4 Å². The van der Waals surface area contributed by atoms with Crippen LogP contribution in [0.15, 0.2) is 48.8 Å². The first-order chi connectivity index (χ1) is 17.0. The van der Waals surface area contributed by atoms with E-state index in [9.17, 15) is 0 Å². The monoisotopic (exact) mass is 490 g/mol.